The van der Waals surface area contributed by atoms with Gasteiger partial charge in [0.25, 0.3) is 0 Å². The van der Waals surface area contributed by atoms with Crippen LogP contribution in [-0.2, 0) is 19.1 Å². The summed E-state index contributed by atoms with van der Waals surface area (Å²) in [5.74, 6) is -0.752. The first-order valence-corrected chi connectivity index (χ1v) is 13.1. The molecule has 0 bridgehead atoms. The summed E-state index contributed by atoms with van der Waals surface area (Å²) in [5.41, 5.74) is 0. The first-order chi connectivity index (χ1) is 15.8. The van der Waals surface area contributed by atoms with Gasteiger partial charge < -0.3 is 14.4 Å². The van der Waals surface area contributed by atoms with Crippen molar-refractivity contribution in [2.45, 2.75) is 123 Å². The van der Waals surface area contributed by atoms with Gasteiger partial charge in [-0.3, -0.25) is 9.69 Å². The Morgan fingerprint density at radius 2 is 1.09 bits per heavy atom. The Kier molecular flexibility index (Phi) is 18.6. The van der Waals surface area contributed by atoms with Crippen LogP contribution in [-0.4, -0.2) is 67.2 Å². The highest BCUT2D eigenvalue weighted by Crippen LogP contribution is 2.12. The van der Waals surface area contributed by atoms with Crippen molar-refractivity contribution >= 4 is 18.0 Å². The second kappa shape index (κ2) is 19.7. The monoisotopic (exact) mass is 470 g/mol. The number of rotatable bonds is 19. The normalized spacial score (nSPS) is 12.7. The molecule has 0 saturated heterocycles. The van der Waals surface area contributed by atoms with E-state index in [1.165, 1.54) is 81.1 Å². The highest BCUT2D eigenvalue weighted by Gasteiger charge is 2.31. The fourth-order valence-electron chi connectivity index (χ4n) is 3.50. The summed E-state index contributed by atoms with van der Waals surface area (Å²) in [7, 11) is 3.07. The molecule has 0 heterocycles. The molecule has 7 heteroatoms. The van der Waals surface area contributed by atoms with E-state index in [0.29, 0.717) is 19.6 Å². The summed E-state index contributed by atoms with van der Waals surface area (Å²) in [6, 6.07) is -1.44. The van der Waals surface area contributed by atoms with Crippen LogP contribution in [0.4, 0.5) is 4.79 Å². The topological polar surface area (TPSA) is 76.2 Å². The third-order valence-electron chi connectivity index (χ3n) is 6.17. The molecule has 0 aliphatic carbocycles. The molecule has 2 amide bonds. The number of ether oxygens (including phenoxy) is 2. The van der Waals surface area contributed by atoms with E-state index in [1.807, 2.05) is 6.92 Å². The number of hydrogen-bond donors (Lipinski definition) is 0. The summed E-state index contributed by atoms with van der Waals surface area (Å²) in [4.78, 5) is 39.5. The van der Waals surface area contributed by atoms with Crippen molar-refractivity contribution in [2.24, 2.45) is 0 Å². The number of carbonyl (C=O) groups excluding carboxylic acids is 3. The Balaban J connectivity index is 3.98. The smallest absolute Gasteiger partial charge is 0.410 e. The molecule has 7 nitrogen and oxygen atoms in total. The van der Waals surface area contributed by atoms with E-state index in [4.69, 9.17) is 9.47 Å². The molecular formula is C26H50N2O5. The van der Waals surface area contributed by atoms with E-state index in [-0.39, 0.29) is 5.91 Å². The summed E-state index contributed by atoms with van der Waals surface area (Å²) in [6.07, 6.45) is 15.2. The van der Waals surface area contributed by atoms with Crippen molar-refractivity contribution in [3.63, 3.8) is 0 Å². The standard InChI is InChI=1S/C26H50N2O5/c1-7-9-10-11-12-13-14-15-16-17-18-19-21-32-25(30)23(4)27(5)24(29)22(3)28(6)26(31)33-20-8-2/h22-23H,7-21H2,1-6H3. The molecule has 0 aliphatic rings. The van der Waals surface area contributed by atoms with Crippen LogP contribution < -0.4 is 0 Å². The first kappa shape index (κ1) is 31.2. The summed E-state index contributed by atoms with van der Waals surface area (Å²) in [6.45, 7) is 8.10. The molecule has 0 radical (unpaired) electrons. The molecule has 194 valence electrons. The number of hydrogen-bond acceptors (Lipinski definition) is 5. The SMILES string of the molecule is CCCCCCCCCCCCCCOC(=O)C(C)N(C)C(=O)C(C)N(C)C(=O)OCCC. The summed E-state index contributed by atoms with van der Waals surface area (Å²) in [5, 5.41) is 0. The Morgan fingerprint density at radius 1 is 0.606 bits per heavy atom. The maximum Gasteiger partial charge on any atom is 0.410 e. The van der Waals surface area contributed by atoms with E-state index in [9.17, 15) is 14.4 Å². The van der Waals surface area contributed by atoms with E-state index >= 15 is 0 Å². The van der Waals surface area contributed by atoms with Crippen molar-refractivity contribution in [1.29, 1.82) is 0 Å². The number of esters is 1. The largest absolute Gasteiger partial charge is 0.464 e. The Morgan fingerprint density at radius 3 is 1.58 bits per heavy atom. The summed E-state index contributed by atoms with van der Waals surface area (Å²) >= 11 is 0. The Labute approximate surface area is 202 Å². The molecule has 0 aromatic heterocycles. The Bertz CT molecular complexity index is 541. The molecule has 33 heavy (non-hydrogen) atoms. The van der Waals surface area contributed by atoms with Crippen molar-refractivity contribution < 1.29 is 23.9 Å². The van der Waals surface area contributed by atoms with Gasteiger partial charge in [-0.05, 0) is 26.7 Å². The average molecular weight is 471 g/mol. The van der Waals surface area contributed by atoms with Crippen LogP contribution in [0.5, 0.6) is 0 Å². The minimum atomic E-state index is -0.731. The lowest BCUT2D eigenvalue weighted by Crippen LogP contribution is -2.51. The second-order valence-corrected chi connectivity index (χ2v) is 9.08. The molecule has 0 N–H and O–H groups in total. The van der Waals surface area contributed by atoms with Crippen LogP contribution >= 0.6 is 0 Å². The fraction of sp³-hybridized carbons (Fsp3) is 0.885. The predicted molar refractivity (Wildman–Crippen MR) is 133 cm³/mol. The number of carbonyl (C=O) groups is 3. The van der Waals surface area contributed by atoms with Gasteiger partial charge in [0, 0.05) is 14.1 Å². The lowest BCUT2D eigenvalue weighted by Gasteiger charge is -2.30. The van der Waals surface area contributed by atoms with Crippen LogP contribution in [0.1, 0.15) is 111 Å². The van der Waals surface area contributed by atoms with Crippen LogP contribution in [0.15, 0.2) is 0 Å². The van der Waals surface area contributed by atoms with Gasteiger partial charge in [0.05, 0.1) is 13.2 Å². The van der Waals surface area contributed by atoms with E-state index < -0.39 is 24.1 Å². The van der Waals surface area contributed by atoms with Crippen LogP contribution in [0.3, 0.4) is 0 Å². The van der Waals surface area contributed by atoms with Gasteiger partial charge in [-0.15, -0.1) is 0 Å². The molecule has 0 spiro atoms. The molecule has 0 rings (SSSR count). The number of nitrogens with zero attached hydrogens (tertiary/aromatic N) is 2. The van der Waals surface area contributed by atoms with Crippen LogP contribution in [0, 0.1) is 0 Å². The average Bonchev–Trinajstić information content (AvgIpc) is 2.82. The van der Waals surface area contributed by atoms with Gasteiger partial charge in [-0.1, -0.05) is 84.5 Å². The zero-order valence-electron chi connectivity index (χ0n) is 22.2. The quantitative estimate of drug-likeness (QED) is 0.172. The maximum absolute atomic E-state index is 12.7. The molecule has 2 unspecified atom stereocenters. The highest BCUT2D eigenvalue weighted by atomic mass is 16.6. The van der Waals surface area contributed by atoms with Gasteiger partial charge in [0.2, 0.25) is 5.91 Å². The summed E-state index contributed by atoms with van der Waals surface area (Å²) < 4.78 is 10.4. The van der Waals surface area contributed by atoms with Crippen molar-refractivity contribution in [3.8, 4) is 0 Å². The molecule has 0 fully saturated rings. The third kappa shape index (κ3) is 14.2. The van der Waals surface area contributed by atoms with Crippen molar-refractivity contribution in [1.82, 2.24) is 9.80 Å². The van der Waals surface area contributed by atoms with Gasteiger partial charge >= 0.3 is 12.1 Å². The molecule has 0 aromatic rings. The Hall–Kier alpha value is -1.79. The minimum absolute atomic E-state index is 0.307. The van der Waals surface area contributed by atoms with Gasteiger partial charge in [0.1, 0.15) is 12.1 Å². The zero-order chi connectivity index (χ0) is 25.1. The lowest BCUT2D eigenvalue weighted by atomic mass is 10.1. The zero-order valence-corrected chi connectivity index (χ0v) is 22.2. The van der Waals surface area contributed by atoms with Gasteiger partial charge in [-0.25, -0.2) is 9.59 Å². The van der Waals surface area contributed by atoms with Gasteiger partial charge in [0.15, 0.2) is 0 Å². The molecule has 2 atom stereocenters. The van der Waals surface area contributed by atoms with Gasteiger partial charge in [-0.2, -0.15) is 0 Å². The van der Waals surface area contributed by atoms with E-state index in [2.05, 4.69) is 6.92 Å². The highest BCUT2D eigenvalue weighted by molar-refractivity contribution is 5.89. The van der Waals surface area contributed by atoms with Crippen LogP contribution in [0.25, 0.3) is 0 Å². The van der Waals surface area contributed by atoms with E-state index in [0.717, 1.165) is 12.8 Å². The molecule has 0 aromatic carbocycles. The minimum Gasteiger partial charge on any atom is -0.464 e. The maximum atomic E-state index is 12.7. The molecule has 0 saturated carbocycles. The third-order valence-corrected chi connectivity index (χ3v) is 6.17. The lowest BCUT2D eigenvalue weighted by molar-refractivity contribution is -0.154. The van der Waals surface area contributed by atoms with Crippen molar-refractivity contribution in [2.75, 3.05) is 27.3 Å². The number of likely N-dealkylation sites (N-methyl/N-ethyl adjacent to an activating group) is 2. The number of unbranched alkanes of at least 4 members (excludes halogenated alkanes) is 11. The predicted octanol–water partition coefficient (Wildman–Crippen LogP) is 5.94. The first-order valence-electron chi connectivity index (χ1n) is 13.1. The van der Waals surface area contributed by atoms with Crippen LogP contribution in [0.2, 0.25) is 0 Å². The number of amides is 2. The molecular weight excluding hydrogens is 420 g/mol. The second-order valence-electron chi connectivity index (χ2n) is 9.08. The molecule has 0 aliphatic heterocycles. The van der Waals surface area contributed by atoms with E-state index in [1.54, 1.807) is 20.9 Å². The van der Waals surface area contributed by atoms with Crippen molar-refractivity contribution in [3.05, 3.63) is 0 Å². The fourth-order valence-corrected chi connectivity index (χ4v) is 3.50.